The lowest BCUT2D eigenvalue weighted by molar-refractivity contribution is -0.131. The first-order chi connectivity index (χ1) is 18.1. The van der Waals surface area contributed by atoms with Crippen molar-refractivity contribution >= 4 is 23.5 Å². The largest absolute Gasteiger partial charge is 0.310 e. The number of hydrogen-bond donors (Lipinski definition) is 1. The number of carbonyl (C=O) groups is 2. The molecule has 7 rings (SSSR count). The number of nitrogens with zero attached hydrogens (tertiary/aromatic N) is 3. The van der Waals surface area contributed by atoms with Gasteiger partial charge in [0.15, 0.2) is 0 Å². The summed E-state index contributed by atoms with van der Waals surface area (Å²) in [6.45, 7) is 0.663. The van der Waals surface area contributed by atoms with Gasteiger partial charge in [0, 0.05) is 23.9 Å². The predicted molar refractivity (Wildman–Crippen MR) is 143 cm³/mol. The van der Waals surface area contributed by atoms with Crippen molar-refractivity contribution in [1.82, 2.24) is 9.88 Å². The molecule has 1 fully saturated rings. The van der Waals surface area contributed by atoms with Crippen LogP contribution in [-0.4, -0.2) is 39.6 Å². The second kappa shape index (κ2) is 8.37. The van der Waals surface area contributed by atoms with Crippen LogP contribution in [0.1, 0.15) is 59.9 Å². The molecule has 3 heterocycles. The van der Waals surface area contributed by atoms with E-state index in [2.05, 4.69) is 40.6 Å². The Hall–Kier alpha value is -3.80. The van der Waals surface area contributed by atoms with E-state index in [-0.39, 0.29) is 11.8 Å². The molecule has 1 saturated carbocycles. The van der Waals surface area contributed by atoms with E-state index in [1.807, 2.05) is 35.2 Å². The molecule has 0 radical (unpaired) electrons. The third-order valence-electron chi connectivity index (χ3n) is 8.77. The van der Waals surface area contributed by atoms with Gasteiger partial charge in [-0.1, -0.05) is 67.4 Å². The van der Waals surface area contributed by atoms with Gasteiger partial charge in [-0.15, -0.1) is 0 Å². The quantitative estimate of drug-likeness (QED) is 0.568. The maximum atomic E-state index is 13.6. The van der Waals surface area contributed by atoms with E-state index >= 15 is 0 Å². The van der Waals surface area contributed by atoms with Crippen molar-refractivity contribution in [2.24, 2.45) is 4.99 Å². The summed E-state index contributed by atoms with van der Waals surface area (Å²) >= 11 is 0. The second-order valence-electron chi connectivity index (χ2n) is 11.0. The van der Waals surface area contributed by atoms with Crippen LogP contribution in [0.25, 0.3) is 0 Å². The van der Waals surface area contributed by atoms with Crippen LogP contribution in [0.5, 0.6) is 0 Å². The molecule has 186 valence electrons. The van der Waals surface area contributed by atoms with E-state index in [4.69, 9.17) is 4.99 Å². The van der Waals surface area contributed by atoms with Crippen molar-refractivity contribution in [3.8, 4) is 0 Å². The van der Waals surface area contributed by atoms with Crippen molar-refractivity contribution in [3.05, 3.63) is 94.7 Å². The molecule has 1 N–H and O–H groups in total. The van der Waals surface area contributed by atoms with Crippen LogP contribution < -0.4 is 5.32 Å². The van der Waals surface area contributed by atoms with Crippen LogP contribution in [0.3, 0.4) is 0 Å². The van der Waals surface area contributed by atoms with Gasteiger partial charge in [-0.05, 0) is 61.3 Å². The number of carbonyl (C=O) groups excluding carboxylic acids is 2. The summed E-state index contributed by atoms with van der Waals surface area (Å²) < 4.78 is 0. The van der Waals surface area contributed by atoms with Crippen molar-refractivity contribution in [3.63, 3.8) is 0 Å². The maximum Gasteiger partial charge on any atom is 0.256 e. The number of amides is 2. The number of fused-ring (bicyclic) bond motifs is 3. The van der Waals surface area contributed by atoms with Gasteiger partial charge < -0.3 is 5.32 Å². The third kappa shape index (κ3) is 3.45. The number of hydrogen-bond acceptors (Lipinski definition) is 4. The van der Waals surface area contributed by atoms with Gasteiger partial charge in [-0.2, -0.15) is 0 Å². The van der Waals surface area contributed by atoms with Gasteiger partial charge >= 0.3 is 0 Å². The van der Waals surface area contributed by atoms with Gasteiger partial charge in [0.2, 0.25) is 5.91 Å². The Balaban J connectivity index is 1.08. The Morgan fingerprint density at radius 1 is 0.919 bits per heavy atom. The van der Waals surface area contributed by atoms with E-state index in [1.165, 1.54) is 16.7 Å². The standard InChI is InChI=1S/C31H30N4O2/c36-28-30(25-11-6-16-32-26(25)33-28)19-23-13-12-21(18-24(23)20-30)8-7-17-35-27(22-9-2-1-3-10-22)34-31(29(35)37)14-4-5-15-31/h1-3,6,9-13,16,18H,4-5,7-8,14-15,17,19-20H2,(H,32,33,36)/t30-/m1/s1. The zero-order chi connectivity index (χ0) is 25.0. The average Bonchev–Trinajstić information content (AvgIpc) is 3.67. The van der Waals surface area contributed by atoms with Crippen molar-refractivity contribution < 1.29 is 9.59 Å². The fourth-order valence-corrected chi connectivity index (χ4v) is 6.88. The molecule has 2 amide bonds. The fraction of sp³-hybridized carbons (Fsp3) is 0.355. The van der Waals surface area contributed by atoms with Gasteiger partial charge in [0.1, 0.15) is 17.2 Å². The number of amidine groups is 1. The smallest absolute Gasteiger partial charge is 0.256 e. The number of aryl methyl sites for hydroxylation is 1. The number of nitrogens with one attached hydrogen (secondary N) is 1. The molecule has 6 heteroatoms. The van der Waals surface area contributed by atoms with Crippen LogP contribution in [0, 0.1) is 0 Å². The molecular weight excluding hydrogens is 460 g/mol. The SMILES string of the molecule is O=C1N(CCCc2ccc3c(c2)C[C@@]2(C3)C(=O)Nc3ncccc32)C(c2ccccc2)=NC12CCCC2. The molecule has 3 aromatic rings. The number of aromatic nitrogens is 1. The average molecular weight is 491 g/mol. The molecule has 2 aliphatic heterocycles. The minimum Gasteiger partial charge on any atom is -0.310 e. The van der Waals surface area contributed by atoms with Crippen molar-refractivity contribution in [2.45, 2.75) is 62.3 Å². The first kappa shape index (κ1) is 22.4. The predicted octanol–water partition coefficient (Wildman–Crippen LogP) is 4.60. The Bertz CT molecular complexity index is 1440. The topological polar surface area (TPSA) is 74.7 Å². The van der Waals surface area contributed by atoms with Crippen LogP contribution in [0.2, 0.25) is 0 Å². The van der Waals surface area contributed by atoms with Gasteiger partial charge in [0.05, 0.1) is 5.41 Å². The molecule has 0 saturated heterocycles. The molecule has 1 atom stereocenters. The van der Waals surface area contributed by atoms with E-state index < -0.39 is 11.0 Å². The molecule has 37 heavy (non-hydrogen) atoms. The van der Waals surface area contributed by atoms with Gasteiger partial charge in [-0.3, -0.25) is 19.5 Å². The van der Waals surface area contributed by atoms with Crippen LogP contribution >= 0.6 is 0 Å². The molecule has 0 bridgehead atoms. The second-order valence-corrected chi connectivity index (χ2v) is 11.0. The molecule has 6 nitrogen and oxygen atoms in total. The molecule has 4 aliphatic rings. The summed E-state index contributed by atoms with van der Waals surface area (Å²) in [5.41, 5.74) is 4.69. The maximum absolute atomic E-state index is 13.6. The molecule has 2 spiro atoms. The molecule has 1 aromatic heterocycles. The van der Waals surface area contributed by atoms with Crippen molar-refractivity contribution in [2.75, 3.05) is 11.9 Å². The summed E-state index contributed by atoms with van der Waals surface area (Å²) in [5, 5.41) is 2.99. The Kier molecular flexibility index (Phi) is 5.07. The highest BCUT2D eigenvalue weighted by Gasteiger charge is 2.51. The number of pyridine rings is 1. The van der Waals surface area contributed by atoms with Crippen LogP contribution in [0.15, 0.2) is 71.9 Å². The third-order valence-corrected chi connectivity index (χ3v) is 8.77. The summed E-state index contributed by atoms with van der Waals surface area (Å²) in [6, 6.07) is 20.7. The number of benzene rings is 2. The van der Waals surface area contributed by atoms with E-state index in [9.17, 15) is 9.59 Å². The minimum absolute atomic E-state index is 0.0556. The number of rotatable bonds is 5. The van der Waals surface area contributed by atoms with Gasteiger partial charge in [-0.25, -0.2) is 4.98 Å². The first-order valence-corrected chi connectivity index (χ1v) is 13.4. The summed E-state index contributed by atoms with van der Waals surface area (Å²) in [5.74, 6) is 1.77. The van der Waals surface area contributed by atoms with E-state index in [1.54, 1.807) is 6.20 Å². The summed E-state index contributed by atoms with van der Waals surface area (Å²) in [4.78, 5) is 37.9. The lowest BCUT2D eigenvalue weighted by atomic mass is 9.79. The Morgan fingerprint density at radius 3 is 2.57 bits per heavy atom. The zero-order valence-electron chi connectivity index (χ0n) is 20.9. The van der Waals surface area contributed by atoms with Crippen LogP contribution in [-0.2, 0) is 34.3 Å². The van der Waals surface area contributed by atoms with E-state index in [0.29, 0.717) is 25.2 Å². The number of aliphatic imine (C=N–C) groups is 1. The fourth-order valence-electron chi connectivity index (χ4n) is 6.88. The Labute approximate surface area is 216 Å². The normalized spacial score (nSPS) is 23.0. The lowest BCUT2D eigenvalue weighted by Gasteiger charge is -2.22. The van der Waals surface area contributed by atoms with Gasteiger partial charge in [0.25, 0.3) is 5.91 Å². The zero-order valence-corrected chi connectivity index (χ0v) is 20.9. The lowest BCUT2D eigenvalue weighted by Crippen LogP contribution is -2.41. The highest BCUT2D eigenvalue weighted by molar-refractivity contribution is 6.15. The minimum atomic E-state index is -0.542. The summed E-state index contributed by atoms with van der Waals surface area (Å²) in [7, 11) is 0. The number of anilines is 1. The monoisotopic (exact) mass is 490 g/mol. The van der Waals surface area contributed by atoms with Crippen LogP contribution in [0.4, 0.5) is 5.82 Å². The molecule has 0 unspecified atom stereocenters. The molecule has 2 aliphatic carbocycles. The summed E-state index contributed by atoms with van der Waals surface area (Å²) in [6.07, 6.45) is 8.75. The van der Waals surface area contributed by atoms with E-state index in [0.717, 1.165) is 55.5 Å². The molecular formula is C31H30N4O2. The Morgan fingerprint density at radius 2 is 1.73 bits per heavy atom. The highest BCUT2D eigenvalue weighted by Crippen LogP contribution is 2.46. The highest BCUT2D eigenvalue weighted by atomic mass is 16.2. The van der Waals surface area contributed by atoms with Crippen molar-refractivity contribution in [1.29, 1.82) is 0 Å². The first-order valence-electron chi connectivity index (χ1n) is 13.4. The molecule has 2 aromatic carbocycles.